The van der Waals surface area contributed by atoms with Gasteiger partial charge in [-0.2, -0.15) is 0 Å². The second kappa shape index (κ2) is 7.58. The molecule has 0 aromatic heterocycles. The lowest BCUT2D eigenvalue weighted by molar-refractivity contribution is -0.119. The van der Waals surface area contributed by atoms with Crippen molar-refractivity contribution < 1.29 is 4.79 Å². The van der Waals surface area contributed by atoms with Crippen LogP contribution in [0, 0.1) is 32.6 Å². The van der Waals surface area contributed by atoms with Crippen LogP contribution in [0.15, 0.2) is 12.1 Å². The Hall–Kier alpha value is -1.15. The number of ketones is 1. The van der Waals surface area contributed by atoms with Crippen LogP contribution in [0.4, 0.5) is 0 Å². The van der Waals surface area contributed by atoms with Gasteiger partial charge in [0.1, 0.15) is 5.78 Å². The van der Waals surface area contributed by atoms with Crippen LogP contribution in [-0.2, 0) is 11.2 Å². The van der Waals surface area contributed by atoms with Crippen molar-refractivity contribution in [3.8, 4) is 0 Å². The second-order valence-electron chi connectivity index (χ2n) is 6.53. The van der Waals surface area contributed by atoms with E-state index in [1.54, 1.807) is 0 Å². The molecule has 0 bridgehead atoms. The standard InChI is InChI=1S/C18H29NO/c1-12(2)6-16(11-19)9-17(20)10-18-14(4)7-13(3)8-15(18)5/h7-8,12,16H,6,9-11,19H2,1-5H3. The molecule has 0 radical (unpaired) electrons. The molecule has 0 amide bonds. The molecule has 2 N–H and O–H groups in total. The summed E-state index contributed by atoms with van der Waals surface area (Å²) in [5, 5.41) is 0. The van der Waals surface area contributed by atoms with Gasteiger partial charge < -0.3 is 5.73 Å². The molecule has 1 aromatic rings. The van der Waals surface area contributed by atoms with Crippen molar-refractivity contribution in [2.75, 3.05) is 6.54 Å². The fourth-order valence-electron chi connectivity index (χ4n) is 3.01. The fourth-order valence-corrected chi connectivity index (χ4v) is 3.01. The Morgan fingerprint density at radius 1 is 1.15 bits per heavy atom. The molecule has 0 aliphatic rings. The monoisotopic (exact) mass is 275 g/mol. The van der Waals surface area contributed by atoms with Crippen LogP contribution in [0.2, 0.25) is 0 Å². The van der Waals surface area contributed by atoms with Crippen molar-refractivity contribution in [3.05, 3.63) is 34.4 Å². The maximum absolute atomic E-state index is 12.3. The predicted octanol–water partition coefficient (Wildman–Crippen LogP) is 3.73. The summed E-state index contributed by atoms with van der Waals surface area (Å²) in [6.07, 6.45) is 2.20. The maximum Gasteiger partial charge on any atom is 0.137 e. The Kier molecular flexibility index (Phi) is 6.41. The molecule has 0 heterocycles. The van der Waals surface area contributed by atoms with E-state index in [9.17, 15) is 4.79 Å². The van der Waals surface area contributed by atoms with Crippen LogP contribution in [0.5, 0.6) is 0 Å². The normalized spacial score (nSPS) is 12.8. The van der Waals surface area contributed by atoms with E-state index in [1.807, 2.05) is 0 Å². The van der Waals surface area contributed by atoms with E-state index in [0.717, 1.165) is 6.42 Å². The molecule has 1 aromatic carbocycles. The zero-order valence-corrected chi connectivity index (χ0v) is 13.6. The van der Waals surface area contributed by atoms with Crippen LogP contribution in [0.25, 0.3) is 0 Å². The first-order valence-corrected chi connectivity index (χ1v) is 7.62. The van der Waals surface area contributed by atoms with Gasteiger partial charge in [-0.3, -0.25) is 4.79 Å². The van der Waals surface area contributed by atoms with Gasteiger partial charge >= 0.3 is 0 Å². The van der Waals surface area contributed by atoms with Crippen LogP contribution >= 0.6 is 0 Å². The smallest absolute Gasteiger partial charge is 0.137 e. The van der Waals surface area contributed by atoms with Crippen molar-refractivity contribution in [1.29, 1.82) is 0 Å². The summed E-state index contributed by atoms with van der Waals surface area (Å²) in [7, 11) is 0. The van der Waals surface area contributed by atoms with E-state index in [0.29, 0.717) is 37.0 Å². The van der Waals surface area contributed by atoms with Gasteiger partial charge in [-0.15, -0.1) is 0 Å². The molecule has 2 nitrogen and oxygen atoms in total. The SMILES string of the molecule is Cc1cc(C)c(CC(=O)CC(CN)CC(C)C)c(C)c1. The Bertz CT molecular complexity index is 439. The zero-order valence-electron chi connectivity index (χ0n) is 13.6. The Morgan fingerprint density at radius 3 is 2.15 bits per heavy atom. The molecule has 112 valence electrons. The van der Waals surface area contributed by atoms with Crippen LogP contribution < -0.4 is 5.73 Å². The highest BCUT2D eigenvalue weighted by Crippen LogP contribution is 2.20. The number of rotatable bonds is 7. The summed E-state index contributed by atoms with van der Waals surface area (Å²) in [5.41, 5.74) is 10.7. The van der Waals surface area contributed by atoms with Crippen molar-refractivity contribution >= 4 is 5.78 Å². The van der Waals surface area contributed by atoms with Gasteiger partial charge in [0.05, 0.1) is 0 Å². The molecule has 20 heavy (non-hydrogen) atoms. The van der Waals surface area contributed by atoms with Crippen molar-refractivity contribution in [2.45, 2.75) is 53.9 Å². The molecule has 0 spiro atoms. The lowest BCUT2D eigenvalue weighted by Crippen LogP contribution is -2.21. The van der Waals surface area contributed by atoms with E-state index in [4.69, 9.17) is 5.73 Å². The molecule has 0 aliphatic heterocycles. The number of nitrogens with two attached hydrogens (primary N) is 1. The van der Waals surface area contributed by atoms with Crippen LogP contribution in [-0.4, -0.2) is 12.3 Å². The molecular weight excluding hydrogens is 246 g/mol. The second-order valence-corrected chi connectivity index (χ2v) is 6.53. The maximum atomic E-state index is 12.3. The van der Waals surface area contributed by atoms with E-state index >= 15 is 0 Å². The summed E-state index contributed by atoms with van der Waals surface area (Å²) in [5.74, 6) is 1.24. The molecule has 1 atom stereocenters. The Labute approximate surface area is 123 Å². The number of Topliss-reactive ketones (excluding diaryl/α,β-unsaturated/α-hetero) is 1. The molecular formula is C18H29NO. The van der Waals surface area contributed by atoms with Crippen molar-refractivity contribution in [1.82, 2.24) is 0 Å². The number of carbonyl (C=O) groups excluding carboxylic acids is 1. The summed E-state index contributed by atoms with van der Waals surface area (Å²) in [6.45, 7) is 11.3. The largest absolute Gasteiger partial charge is 0.330 e. The van der Waals surface area contributed by atoms with Gasteiger partial charge in [0.2, 0.25) is 0 Å². The minimum Gasteiger partial charge on any atom is -0.330 e. The third-order valence-electron chi connectivity index (χ3n) is 3.87. The molecule has 0 fully saturated rings. The topological polar surface area (TPSA) is 43.1 Å². The van der Waals surface area contributed by atoms with Crippen molar-refractivity contribution in [2.24, 2.45) is 17.6 Å². The number of benzene rings is 1. The highest BCUT2D eigenvalue weighted by molar-refractivity contribution is 5.81. The molecule has 1 rings (SSSR count). The van der Waals surface area contributed by atoms with Gasteiger partial charge in [0.25, 0.3) is 0 Å². The summed E-state index contributed by atoms with van der Waals surface area (Å²) < 4.78 is 0. The van der Waals surface area contributed by atoms with Crippen LogP contribution in [0.3, 0.4) is 0 Å². The summed E-state index contributed by atoms with van der Waals surface area (Å²) in [4.78, 5) is 12.3. The minimum atomic E-state index is 0.316. The predicted molar refractivity (Wildman–Crippen MR) is 86.0 cm³/mol. The van der Waals surface area contributed by atoms with E-state index < -0.39 is 0 Å². The molecule has 1 unspecified atom stereocenters. The molecule has 0 saturated carbocycles. The highest BCUT2D eigenvalue weighted by Gasteiger charge is 2.16. The molecule has 0 saturated heterocycles. The quantitative estimate of drug-likeness (QED) is 0.824. The average molecular weight is 275 g/mol. The third kappa shape index (κ3) is 5.09. The van der Waals surface area contributed by atoms with E-state index in [-0.39, 0.29) is 0 Å². The van der Waals surface area contributed by atoms with Crippen molar-refractivity contribution in [3.63, 3.8) is 0 Å². The lowest BCUT2D eigenvalue weighted by Gasteiger charge is -2.17. The molecule has 0 aliphatic carbocycles. The third-order valence-corrected chi connectivity index (χ3v) is 3.87. The number of aryl methyl sites for hydroxylation is 3. The first-order chi connectivity index (χ1) is 9.33. The van der Waals surface area contributed by atoms with Gasteiger partial charge in [-0.1, -0.05) is 31.5 Å². The lowest BCUT2D eigenvalue weighted by atomic mass is 9.89. The van der Waals surface area contributed by atoms with Gasteiger partial charge in [0.15, 0.2) is 0 Å². The molecule has 2 heteroatoms. The van der Waals surface area contributed by atoms with Crippen LogP contribution in [0.1, 0.15) is 48.9 Å². The Morgan fingerprint density at radius 2 is 1.70 bits per heavy atom. The Balaban J connectivity index is 2.71. The minimum absolute atomic E-state index is 0.316. The zero-order chi connectivity index (χ0) is 15.3. The summed E-state index contributed by atoms with van der Waals surface area (Å²) in [6, 6.07) is 4.31. The number of hydrogen-bond acceptors (Lipinski definition) is 2. The first-order valence-electron chi connectivity index (χ1n) is 7.62. The van der Waals surface area contributed by atoms with Gasteiger partial charge in [0, 0.05) is 12.8 Å². The highest BCUT2D eigenvalue weighted by atomic mass is 16.1. The van der Waals surface area contributed by atoms with E-state index in [1.165, 1.54) is 22.3 Å². The average Bonchev–Trinajstić information content (AvgIpc) is 2.32. The first kappa shape index (κ1) is 16.9. The number of carbonyl (C=O) groups is 1. The van der Waals surface area contributed by atoms with E-state index in [2.05, 4.69) is 46.8 Å². The summed E-state index contributed by atoms with van der Waals surface area (Å²) >= 11 is 0. The fraction of sp³-hybridized carbons (Fsp3) is 0.611. The number of hydrogen-bond donors (Lipinski definition) is 1. The van der Waals surface area contributed by atoms with Gasteiger partial charge in [-0.25, -0.2) is 0 Å². The van der Waals surface area contributed by atoms with Gasteiger partial charge in [-0.05, 0) is 62.3 Å².